The number of anilines is 2. The van der Waals surface area contributed by atoms with Gasteiger partial charge >= 0.3 is 0 Å². The highest BCUT2D eigenvalue weighted by atomic mass is 79.9. The van der Waals surface area contributed by atoms with Crippen LogP contribution in [0.2, 0.25) is 0 Å². The smallest absolute Gasteiger partial charge is 0.290 e. The third-order valence-corrected chi connectivity index (χ3v) is 6.59. The molecule has 0 radical (unpaired) electrons. The molecule has 0 bridgehead atoms. The first-order chi connectivity index (χ1) is 15.0. The van der Waals surface area contributed by atoms with Crippen molar-refractivity contribution in [2.24, 2.45) is 0 Å². The molecule has 3 N–H and O–H groups in total. The molecule has 2 heterocycles. The summed E-state index contributed by atoms with van der Waals surface area (Å²) in [6, 6.07) is 4.65. The Morgan fingerprint density at radius 1 is 1.16 bits per heavy atom. The predicted molar refractivity (Wildman–Crippen MR) is 119 cm³/mol. The molecule has 0 spiro atoms. The molecular formula is C21H25BrN4O5. The first-order valence-corrected chi connectivity index (χ1v) is 11.3. The van der Waals surface area contributed by atoms with Crippen LogP contribution in [0.1, 0.15) is 48.5 Å². The SMILES string of the molecule is O=C(c1cccc(Nc2c(Br)c(=O)[nH]n(C3CCCCC3)c2=O)c1O)N1CCOCC1. The van der Waals surface area contributed by atoms with Crippen molar-refractivity contribution in [3.8, 4) is 5.75 Å². The molecule has 0 unspecified atom stereocenters. The number of hydrogen-bond acceptors (Lipinski definition) is 6. The highest BCUT2D eigenvalue weighted by molar-refractivity contribution is 9.10. The molecule has 1 amide bonds. The molecule has 1 aromatic heterocycles. The average molecular weight is 493 g/mol. The van der Waals surface area contributed by atoms with E-state index in [1.54, 1.807) is 17.0 Å². The molecule has 2 aliphatic rings. The standard InChI is InChI=1S/C21H25BrN4O5/c22-16-17(21(30)26(24-19(16)28)13-5-2-1-3-6-13)23-15-8-4-7-14(18(15)27)20(29)25-9-11-31-12-10-25/h4,7-8,13,23,27H,1-3,5-6,9-12H2,(H,24,28). The minimum Gasteiger partial charge on any atom is -0.505 e. The van der Waals surface area contributed by atoms with E-state index in [9.17, 15) is 19.5 Å². The van der Waals surface area contributed by atoms with Crippen LogP contribution in [0.15, 0.2) is 32.3 Å². The summed E-state index contributed by atoms with van der Waals surface area (Å²) < 4.78 is 6.71. The number of nitrogens with zero attached hydrogens (tertiary/aromatic N) is 2. The van der Waals surface area contributed by atoms with Gasteiger partial charge in [0.2, 0.25) is 0 Å². The Bertz CT molecular complexity index is 1080. The lowest BCUT2D eigenvalue weighted by Crippen LogP contribution is -2.40. The molecular weight excluding hydrogens is 468 g/mol. The largest absolute Gasteiger partial charge is 0.505 e. The van der Waals surface area contributed by atoms with Gasteiger partial charge in [-0.1, -0.05) is 25.3 Å². The van der Waals surface area contributed by atoms with E-state index in [0.29, 0.717) is 26.3 Å². The van der Waals surface area contributed by atoms with Crippen LogP contribution in [0.5, 0.6) is 5.75 Å². The van der Waals surface area contributed by atoms with Crippen molar-refractivity contribution in [1.82, 2.24) is 14.7 Å². The van der Waals surface area contributed by atoms with Crippen LogP contribution in [-0.2, 0) is 4.74 Å². The number of halogens is 1. The molecule has 1 aromatic carbocycles. The Labute approximate surface area is 187 Å². The van der Waals surface area contributed by atoms with Crippen molar-refractivity contribution in [2.75, 3.05) is 31.6 Å². The number of nitrogens with one attached hydrogen (secondary N) is 2. The number of aromatic nitrogens is 2. The molecule has 1 aliphatic heterocycles. The maximum absolute atomic E-state index is 13.2. The first-order valence-electron chi connectivity index (χ1n) is 10.5. The molecule has 4 rings (SSSR count). The van der Waals surface area contributed by atoms with Gasteiger partial charge in [0.1, 0.15) is 10.2 Å². The number of carbonyl (C=O) groups is 1. The second-order valence-corrected chi connectivity index (χ2v) is 8.62. The van der Waals surface area contributed by atoms with Gasteiger partial charge in [-0.2, -0.15) is 0 Å². The summed E-state index contributed by atoms with van der Waals surface area (Å²) >= 11 is 3.19. The summed E-state index contributed by atoms with van der Waals surface area (Å²) in [7, 11) is 0. The maximum Gasteiger partial charge on any atom is 0.290 e. The molecule has 2 aromatic rings. The van der Waals surface area contributed by atoms with E-state index in [1.807, 2.05) is 0 Å². The first kappa shape index (κ1) is 21.6. The van der Waals surface area contributed by atoms with Crippen LogP contribution in [0.4, 0.5) is 11.4 Å². The third kappa shape index (κ3) is 4.40. The quantitative estimate of drug-likeness (QED) is 0.564. The number of phenolic OH excluding ortho intramolecular Hbond substituents is 1. The van der Waals surface area contributed by atoms with Crippen LogP contribution in [-0.4, -0.2) is 52.0 Å². The van der Waals surface area contributed by atoms with Crippen LogP contribution in [0.3, 0.4) is 0 Å². The maximum atomic E-state index is 13.2. The number of benzene rings is 1. The summed E-state index contributed by atoms with van der Waals surface area (Å²) in [6.45, 7) is 1.79. The number of hydrogen-bond donors (Lipinski definition) is 3. The summed E-state index contributed by atoms with van der Waals surface area (Å²) in [4.78, 5) is 40.1. The Morgan fingerprint density at radius 3 is 2.58 bits per heavy atom. The molecule has 2 fully saturated rings. The Kier molecular flexibility index (Phi) is 6.47. The third-order valence-electron chi connectivity index (χ3n) is 5.84. The lowest BCUT2D eigenvalue weighted by atomic mass is 9.96. The zero-order valence-electron chi connectivity index (χ0n) is 17.0. The second kappa shape index (κ2) is 9.27. The van der Waals surface area contributed by atoms with Crippen molar-refractivity contribution < 1.29 is 14.6 Å². The molecule has 166 valence electrons. The van der Waals surface area contributed by atoms with Crippen LogP contribution >= 0.6 is 15.9 Å². The number of rotatable bonds is 4. The fraction of sp³-hybridized carbons (Fsp3) is 0.476. The average Bonchev–Trinajstić information content (AvgIpc) is 2.81. The van der Waals surface area contributed by atoms with Crippen molar-refractivity contribution in [1.29, 1.82) is 0 Å². The fourth-order valence-corrected chi connectivity index (χ4v) is 4.49. The lowest BCUT2D eigenvalue weighted by Gasteiger charge is -2.27. The Morgan fingerprint density at radius 2 is 1.87 bits per heavy atom. The van der Waals surface area contributed by atoms with Gasteiger partial charge in [0.05, 0.1) is 30.5 Å². The minimum atomic E-state index is -0.437. The monoisotopic (exact) mass is 492 g/mol. The van der Waals surface area contributed by atoms with Crippen LogP contribution in [0, 0.1) is 0 Å². The van der Waals surface area contributed by atoms with Crippen LogP contribution in [0.25, 0.3) is 0 Å². The molecule has 1 saturated heterocycles. The predicted octanol–water partition coefficient (Wildman–Crippen LogP) is 2.73. The van der Waals surface area contributed by atoms with Crippen molar-refractivity contribution in [3.63, 3.8) is 0 Å². The summed E-state index contributed by atoms with van der Waals surface area (Å²) in [5.74, 6) is -0.580. The van der Waals surface area contributed by atoms with Gasteiger partial charge in [-0.25, -0.2) is 4.68 Å². The number of morpholine rings is 1. The van der Waals surface area contributed by atoms with E-state index >= 15 is 0 Å². The molecule has 1 saturated carbocycles. The fourth-order valence-electron chi connectivity index (χ4n) is 4.13. The van der Waals surface area contributed by atoms with Gasteiger partial charge in [-0.15, -0.1) is 0 Å². The normalized spacial score (nSPS) is 17.5. The summed E-state index contributed by atoms with van der Waals surface area (Å²) in [6.07, 6.45) is 4.78. The molecule has 31 heavy (non-hydrogen) atoms. The number of aromatic amines is 1. The van der Waals surface area contributed by atoms with Gasteiger partial charge in [0.15, 0.2) is 5.75 Å². The van der Waals surface area contributed by atoms with E-state index < -0.39 is 5.56 Å². The van der Waals surface area contributed by atoms with Crippen molar-refractivity contribution in [2.45, 2.75) is 38.1 Å². The molecule has 0 atom stereocenters. The van der Waals surface area contributed by atoms with Crippen LogP contribution < -0.4 is 16.4 Å². The molecule has 1 aliphatic carbocycles. The number of H-pyrrole nitrogens is 1. The van der Waals surface area contributed by atoms with Gasteiger partial charge in [-0.3, -0.25) is 19.5 Å². The highest BCUT2D eigenvalue weighted by Gasteiger charge is 2.25. The Balaban J connectivity index is 1.68. The number of ether oxygens (including phenoxy) is 1. The number of amides is 1. The van der Waals surface area contributed by atoms with Gasteiger partial charge in [0.25, 0.3) is 17.0 Å². The van der Waals surface area contributed by atoms with E-state index in [1.165, 1.54) is 10.7 Å². The number of phenols is 1. The van der Waals surface area contributed by atoms with Gasteiger partial charge in [0, 0.05) is 13.1 Å². The Hall–Kier alpha value is -2.59. The van der Waals surface area contributed by atoms with Gasteiger partial charge < -0.3 is 20.1 Å². The summed E-state index contributed by atoms with van der Waals surface area (Å²) in [5.41, 5.74) is -0.492. The highest BCUT2D eigenvalue weighted by Crippen LogP contribution is 2.32. The lowest BCUT2D eigenvalue weighted by molar-refractivity contribution is 0.0301. The zero-order chi connectivity index (χ0) is 22.0. The molecule has 9 nitrogen and oxygen atoms in total. The van der Waals surface area contributed by atoms with Gasteiger partial charge in [-0.05, 0) is 40.9 Å². The zero-order valence-corrected chi connectivity index (χ0v) is 18.6. The van der Waals surface area contributed by atoms with E-state index in [0.717, 1.165) is 32.1 Å². The number of carbonyl (C=O) groups excluding carboxylic acids is 1. The number of para-hydroxylation sites is 1. The topological polar surface area (TPSA) is 117 Å². The molecule has 10 heteroatoms. The van der Waals surface area contributed by atoms with Crippen molar-refractivity contribution >= 4 is 33.2 Å². The minimum absolute atomic E-state index is 0.0283. The van der Waals surface area contributed by atoms with E-state index in [4.69, 9.17) is 4.74 Å². The van der Waals surface area contributed by atoms with E-state index in [-0.39, 0.29) is 44.7 Å². The van der Waals surface area contributed by atoms with E-state index in [2.05, 4.69) is 26.3 Å². The number of aromatic hydroxyl groups is 1. The van der Waals surface area contributed by atoms with Crippen molar-refractivity contribution in [3.05, 3.63) is 48.9 Å². The summed E-state index contributed by atoms with van der Waals surface area (Å²) in [5, 5.41) is 16.3. The second-order valence-electron chi connectivity index (χ2n) is 7.83.